The third-order valence-corrected chi connectivity index (χ3v) is 4.43. The minimum atomic E-state index is -0.0807. The van der Waals surface area contributed by atoms with E-state index in [4.69, 9.17) is 28.8 Å². The number of esters is 1. The fourth-order valence-corrected chi connectivity index (χ4v) is 2.82. The van der Waals surface area contributed by atoms with E-state index in [1.165, 1.54) is 6.42 Å². The van der Waals surface area contributed by atoms with E-state index in [0.717, 1.165) is 50.0 Å². The number of aliphatic hydroxyl groups is 1. The maximum Gasteiger partial charge on any atom is 0.305 e. The SMILES string of the molecule is CCCC(=O)OCCCCCCCCOc1cccc(OCCOCCOCCO)c1. The Kier molecular flexibility index (Phi) is 17.6. The van der Waals surface area contributed by atoms with Crippen molar-refractivity contribution in [2.75, 3.05) is 52.9 Å². The largest absolute Gasteiger partial charge is 0.493 e. The molecule has 0 bridgehead atoms. The van der Waals surface area contributed by atoms with Gasteiger partial charge in [-0.1, -0.05) is 38.7 Å². The molecule has 0 saturated carbocycles. The van der Waals surface area contributed by atoms with Gasteiger partial charge < -0.3 is 28.8 Å². The molecule has 0 atom stereocenters. The molecule has 0 spiro atoms. The van der Waals surface area contributed by atoms with Gasteiger partial charge in [-0.05, 0) is 31.4 Å². The molecule has 1 rings (SSSR count). The van der Waals surface area contributed by atoms with Crippen molar-refractivity contribution < 1.29 is 33.6 Å². The predicted molar refractivity (Wildman–Crippen MR) is 120 cm³/mol. The Hall–Kier alpha value is -1.83. The van der Waals surface area contributed by atoms with Crippen molar-refractivity contribution in [2.24, 2.45) is 0 Å². The van der Waals surface area contributed by atoms with Crippen molar-refractivity contribution in [1.82, 2.24) is 0 Å². The molecule has 1 aromatic rings. The second-order valence-electron chi connectivity index (χ2n) is 7.21. The summed E-state index contributed by atoms with van der Waals surface area (Å²) in [4.78, 5) is 11.2. The van der Waals surface area contributed by atoms with Crippen LogP contribution in [0.3, 0.4) is 0 Å². The van der Waals surface area contributed by atoms with Gasteiger partial charge in [-0.25, -0.2) is 0 Å². The van der Waals surface area contributed by atoms with Crippen molar-refractivity contribution in [3.8, 4) is 11.5 Å². The zero-order valence-electron chi connectivity index (χ0n) is 19.0. The van der Waals surface area contributed by atoms with E-state index in [1.54, 1.807) is 0 Å². The van der Waals surface area contributed by atoms with Crippen molar-refractivity contribution in [3.05, 3.63) is 24.3 Å². The number of unbranched alkanes of at least 4 members (excludes halogenated alkanes) is 5. The van der Waals surface area contributed by atoms with Gasteiger partial charge in [0.15, 0.2) is 0 Å². The molecule has 7 heteroatoms. The third kappa shape index (κ3) is 16.5. The van der Waals surface area contributed by atoms with Crippen LogP contribution in [0, 0.1) is 0 Å². The van der Waals surface area contributed by atoms with Crippen LogP contribution in [0.4, 0.5) is 0 Å². The van der Waals surface area contributed by atoms with Gasteiger partial charge >= 0.3 is 5.97 Å². The lowest BCUT2D eigenvalue weighted by molar-refractivity contribution is -0.143. The molecule has 0 saturated heterocycles. The van der Waals surface area contributed by atoms with Gasteiger partial charge in [0.2, 0.25) is 0 Å². The van der Waals surface area contributed by atoms with Crippen LogP contribution in [-0.2, 0) is 19.0 Å². The summed E-state index contributed by atoms with van der Waals surface area (Å²) >= 11 is 0. The average molecular weight is 441 g/mol. The van der Waals surface area contributed by atoms with E-state index in [1.807, 2.05) is 31.2 Å². The topological polar surface area (TPSA) is 83.5 Å². The van der Waals surface area contributed by atoms with Crippen LogP contribution in [0.5, 0.6) is 11.5 Å². The molecule has 0 heterocycles. The summed E-state index contributed by atoms with van der Waals surface area (Å²) in [5, 5.41) is 8.60. The summed E-state index contributed by atoms with van der Waals surface area (Å²) in [6, 6.07) is 7.64. The molecule has 1 N–H and O–H groups in total. The van der Waals surface area contributed by atoms with Crippen LogP contribution in [0.15, 0.2) is 24.3 Å². The van der Waals surface area contributed by atoms with Crippen LogP contribution in [0.1, 0.15) is 58.3 Å². The van der Waals surface area contributed by atoms with Gasteiger partial charge in [-0.15, -0.1) is 0 Å². The Morgan fingerprint density at radius 2 is 1.35 bits per heavy atom. The molecule has 0 radical (unpaired) electrons. The molecule has 0 fully saturated rings. The van der Waals surface area contributed by atoms with E-state index in [9.17, 15) is 4.79 Å². The Bertz CT molecular complexity index is 550. The van der Waals surface area contributed by atoms with Gasteiger partial charge in [0.25, 0.3) is 0 Å². The van der Waals surface area contributed by atoms with E-state index >= 15 is 0 Å². The first-order valence-electron chi connectivity index (χ1n) is 11.5. The molecule has 0 aliphatic heterocycles. The third-order valence-electron chi connectivity index (χ3n) is 4.43. The summed E-state index contributed by atoms with van der Waals surface area (Å²) in [7, 11) is 0. The van der Waals surface area contributed by atoms with Gasteiger partial charge in [0.1, 0.15) is 18.1 Å². The lowest BCUT2D eigenvalue weighted by atomic mass is 10.1. The van der Waals surface area contributed by atoms with Crippen LogP contribution in [0.2, 0.25) is 0 Å². The number of hydrogen-bond acceptors (Lipinski definition) is 7. The number of benzene rings is 1. The van der Waals surface area contributed by atoms with Crippen molar-refractivity contribution >= 4 is 5.97 Å². The minimum Gasteiger partial charge on any atom is -0.493 e. The van der Waals surface area contributed by atoms with Crippen molar-refractivity contribution in [1.29, 1.82) is 0 Å². The standard InChI is InChI=1S/C24H40O7/c1-2-10-24(26)31-15-8-6-4-3-5-7-14-29-22-11-9-12-23(21-22)30-20-19-28-18-17-27-16-13-25/h9,11-12,21,25H,2-8,10,13-20H2,1H3. The Labute approximate surface area is 187 Å². The zero-order chi connectivity index (χ0) is 22.4. The second-order valence-corrected chi connectivity index (χ2v) is 7.21. The van der Waals surface area contributed by atoms with Gasteiger partial charge in [0, 0.05) is 12.5 Å². The van der Waals surface area contributed by atoms with Gasteiger partial charge in [0.05, 0.1) is 46.2 Å². The summed E-state index contributed by atoms with van der Waals surface area (Å²) in [5.74, 6) is 1.49. The highest BCUT2D eigenvalue weighted by Crippen LogP contribution is 2.19. The number of ether oxygens (including phenoxy) is 5. The molecular weight excluding hydrogens is 400 g/mol. The molecule has 0 unspecified atom stereocenters. The van der Waals surface area contributed by atoms with E-state index in [0.29, 0.717) is 52.7 Å². The van der Waals surface area contributed by atoms with E-state index in [-0.39, 0.29) is 12.6 Å². The Morgan fingerprint density at radius 1 is 0.774 bits per heavy atom. The van der Waals surface area contributed by atoms with Crippen LogP contribution in [-0.4, -0.2) is 63.9 Å². The first-order valence-corrected chi connectivity index (χ1v) is 11.5. The second kappa shape index (κ2) is 20.1. The Balaban J connectivity index is 1.97. The zero-order valence-corrected chi connectivity index (χ0v) is 19.0. The highest BCUT2D eigenvalue weighted by molar-refractivity contribution is 5.69. The van der Waals surface area contributed by atoms with Crippen LogP contribution < -0.4 is 9.47 Å². The fourth-order valence-electron chi connectivity index (χ4n) is 2.82. The summed E-state index contributed by atoms with van der Waals surface area (Å²) < 4.78 is 27.2. The predicted octanol–water partition coefficient (Wildman–Crippen LogP) is 4.15. The van der Waals surface area contributed by atoms with Gasteiger partial charge in [-0.3, -0.25) is 4.79 Å². The molecule has 0 aliphatic carbocycles. The first-order chi connectivity index (χ1) is 15.3. The maximum atomic E-state index is 11.2. The molecule has 0 aromatic heterocycles. The minimum absolute atomic E-state index is 0.0284. The first kappa shape index (κ1) is 27.2. The number of aliphatic hydroxyl groups excluding tert-OH is 1. The number of rotatable bonds is 21. The average Bonchev–Trinajstić information content (AvgIpc) is 2.77. The quantitative estimate of drug-likeness (QED) is 0.227. The van der Waals surface area contributed by atoms with Crippen LogP contribution >= 0.6 is 0 Å². The molecule has 7 nitrogen and oxygen atoms in total. The summed E-state index contributed by atoms with van der Waals surface area (Å²) in [6.45, 7) is 5.48. The van der Waals surface area contributed by atoms with Crippen LogP contribution in [0.25, 0.3) is 0 Å². The highest BCUT2D eigenvalue weighted by atomic mass is 16.5. The number of carbonyl (C=O) groups is 1. The molecule has 31 heavy (non-hydrogen) atoms. The summed E-state index contributed by atoms with van der Waals surface area (Å²) in [6.07, 6.45) is 7.88. The maximum absolute atomic E-state index is 11.2. The molecule has 0 amide bonds. The fraction of sp³-hybridized carbons (Fsp3) is 0.708. The van der Waals surface area contributed by atoms with Gasteiger partial charge in [-0.2, -0.15) is 0 Å². The number of carbonyl (C=O) groups excluding carboxylic acids is 1. The highest BCUT2D eigenvalue weighted by Gasteiger charge is 2.01. The van der Waals surface area contributed by atoms with Crippen molar-refractivity contribution in [3.63, 3.8) is 0 Å². The lowest BCUT2D eigenvalue weighted by Crippen LogP contribution is -2.12. The van der Waals surface area contributed by atoms with E-state index < -0.39 is 0 Å². The lowest BCUT2D eigenvalue weighted by Gasteiger charge is -2.10. The van der Waals surface area contributed by atoms with E-state index in [2.05, 4.69) is 0 Å². The normalized spacial score (nSPS) is 10.8. The number of hydrogen-bond donors (Lipinski definition) is 1. The molecule has 0 aliphatic rings. The monoisotopic (exact) mass is 440 g/mol. The summed E-state index contributed by atoms with van der Waals surface area (Å²) in [5.41, 5.74) is 0. The smallest absolute Gasteiger partial charge is 0.305 e. The molecular formula is C24H40O7. The van der Waals surface area contributed by atoms with Crippen molar-refractivity contribution in [2.45, 2.75) is 58.3 Å². The molecule has 1 aromatic carbocycles. The molecule has 178 valence electrons. The Morgan fingerprint density at radius 3 is 2.03 bits per heavy atom.